The zero-order chi connectivity index (χ0) is 15.8. The van der Waals surface area contributed by atoms with Gasteiger partial charge in [0.1, 0.15) is 6.04 Å². The third-order valence-corrected chi connectivity index (χ3v) is 4.80. The number of carbonyl (C=O) groups excluding carboxylic acids is 1. The fourth-order valence-electron chi connectivity index (χ4n) is 2.74. The van der Waals surface area contributed by atoms with Crippen LogP contribution in [0.25, 0.3) is 0 Å². The second-order valence-electron chi connectivity index (χ2n) is 5.53. The molecule has 21 heavy (non-hydrogen) atoms. The van der Waals surface area contributed by atoms with Crippen LogP contribution in [0.1, 0.15) is 19.4 Å². The molecule has 7 nitrogen and oxygen atoms in total. The molecule has 0 aromatic heterocycles. The lowest BCUT2D eigenvalue weighted by Crippen LogP contribution is -2.62. The molecule has 0 saturated heterocycles. The van der Waals surface area contributed by atoms with Gasteiger partial charge in [0.05, 0.1) is 5.54 Å². The van der Waals surface area contributed by atoms with Crippen molar-refractivity contribution in [1.82, 2.24) is 9.79 Å². The maximum absolute atomic E-state index is 12.1. The first-order valence-electron chi connectivity index (χ1n) is 6.44. The monoisotopic (exact) mass is 313 g/mol. The van der Waals surface area contributed by atoms with Crippen molar-refractivity contribution in [2.75, 3.05) is 11.9 Å². The summed E-state index contributed by atoms with van der Waals surface area (Å²) in [6, 6.07) is 6.46. The Kier molecular flexibility index (Phi) is 4.33. The quantitative estimate of drug-likeness (QED) is 0.425. The van der Waals surface area contributed by atoms with E-state index >= 15 is 0 Å². The summed E-state index contributed by atoms with van der Waals surface area (Å²) in [7, 11) is 1.82. The summed E-state index contributed by atoms with van der Waals surface area (Å²) in [5, 5.41) is 8.99. The summed E-state index contributed by atoms with van der Waals surface area (Å²) in [6.07, 6.45) is 0. The van der Waals surface area contributed by atoms with Crippen LogP contribution in [-0.4, -0.2) is 42.8 Å². The van der Waals surface area contributed by atoms with E-state index in [1.807, 2.05) is 36.2 Å². The van der Waals surface area contributed by atoms with Crippen molar-refractivity contribution in [3.8, 4) is 0 Å². The van der Waals surface area contributed by atoms with E-state index in [4.69, 9.17) is 5.21 Å². The Morgan fingerprint density at radius 1 is 1.43 bits per heavy atom. The van der Waals surface area contributed by atoms with Gasteiger partial charge in [0.15, 0.2) is 0 Å². The van der Waals surface area contributed by atoms with E-state index < -0.39 is 28.8 Å². The van der Waals surface area contributed by atoms with Gasteiger partial charge >= 0.3 is 0 Å². The molecule has 1 heterocycles. The van der Waals surface area contributed by atoms with Gasteiger partial charge in [-0.2, -0.15) is 4.31 Å². The Labute approximate surface area is 125 Å². The zero-order valence-electron chi connectivity index (χ0n) is 12.1. The number of anilines is 1. The highest BCUT2D eigenvalue weighted by Crippen LogP contribution is 2.35. The van der Waals surface area contributed by atoms with Gasteiger partial charge in [-0.25, -0.2) is 9.69 Å². The molecule has 1 amide bonds. The molecular formula is C13H19N3O4S. The summed E-state index contributed by atoms with van der Waals surface area (Å²) in [5.74, 6) is -0.720. The highest BCUT2D eigenvalue weighted by atomic mass is 32.2. The highest BCUT2D eigenvalue weighted by molar-refractivity contribution is 7.76. The van der Waals surface area contributed by atoms with Gasteiger partial charge < -0.3 is 4.90 Å². The van der Waals surface area contributed by atoms with Gasteiger partial charge in [-0.15, -0.1) is 0 Å². The Bertz CT molecular complexity index is 578. The third-order valence-electron chi connectivity index (χ3n) is 4.06. The number of hydrogen-bond acceptors (Lipinski definition) is 4. The number of benzene rings is 1. The minimum absolute atomic E-state index is 0.130. The second-order valence-corrected chi connectivity index (χ2v) is 6.46. The van der Waals surface area contributed by atoms with Crippen molar-refractivity contribution in [3.63, 3.8) is 0 Å². The molecular weight excluding hydrogens is 294 g/mol. The molecule has 116 valence electrons. The molecule has 0 aliphatic carbocycles. The van der Waals surface area contributed by atoms with Crippen molar-refractivity contribution in [2.45, 2.75) is 32.0 Å². The van der Waals surface area contributed by atoms with Crippen molar-refractivity contribution in [1.29, 1.82) is 0 Å². The van der Waals surface area contributed by atoms with Crippen LogP contribution in [0.4, 0.5) is 5.69 Å². The van der Waals surface area contributed by atoms with Crippen molar-refractivity contribution in [2.24, 2.45) is 0 Å². The van der Waals surface area contributed by atoms with Crippen LogP contribution in [0.2, 0.25) is 0 Å². The van der Waals surface area contributed by atoms with Crippen molar-refractivity contribution < 1.29 is 18.8 Å². The number of likely N-dealkylation sites (N-methyl/N-ethyl adjacent to an activating group) is 1. The molecule has 8 heteroatoms. The lowest BCUT2D eigenvalue weighted by molar-refractivity contribution is -0.135. The van der Waals surface area contributed by atoms with Crippen LogP contribution >= 0.6 is 0 Å². The highest BCUT2D eigenvalue weighted by Gasteiger charge is 2.47. The minimum atomic E-state index is -2.35. The summed E-state index contributed by atoms with van der Waals surface area (Å²) in [6.45, 7) is 3.70. The molecule has 0 saturated carbocycles. The SMILES string of the molecule is CN1c2ccccc2CN(S(=O)O)C(C(=O)NO)C1(C)C. The number of hydroxylamine groups is 1. The predicted octanol–water partition coefficient (Wildman–Crippen LogP) is 0.728. The minimum Gasteiger partial charge on any atom is -0.367 e. The molecule has 2 rings (SSSR count). The first kappa shape index (κ1) is 15.9. The number of hydrogen-bond donors (Lipinski definition) is 3. The summed E-state index contributed by atoms with van der Waals surface area (Å²) in [5.41, 5.74) is 2.51. The normalized spacial score (nSPS) is 23.1. The van der Waals surface area contributed by atoms with E-state index in [1.165, 1.54) is 0 Å². The average Bonchev–Trinajstić information content (AvgIpc) is 2.53. The van der Waals surface area contributed by atoms with Gasteiger partial charge in [-0.3, -0.25) is 14.6 Å². The molecule has 0 fully saturated rings. The van der Waals surface area contributed by atoms with Crippen LogP contribution in [0.3, 0.4) is 0 Å². The smallest absolute Gasteiger partial charge is 0.264 e. The Hall–Kier alpha value is -1.48. The van der Waals surface area contributed by atoms with E-state index in [-0.39, 0.29) is 6.54 Å². The number of nitrogens with one attached hydrogen (secondary N) is 1. The van der Waals surface area contributed by atoms with Crippen LogP contribution in [0.15, 0.2) is 24.3 Å². The van der Waals surface area contributed by atoms with Gasteiger partial charge in [-0.05, 0) is 25.5 Å². The largest absolute Gasteiger partial charge is 0.367 e. The van der Waals surface area contributed by atoms with Crippen LogP contribution < -0.4 is 10.4 Å². The molecule has 1 aromatic rings. The maximum Gasteiger partial charge on any atom is 0.264 e. The predicted molar refractivity (Wildman–Crippen MR) is 79.0 cm³/mol. The molecule has 1 aliphatic heterocycles. The van der Waals surface area contributed by atoms with E-state index in [0.29, 0.717) is 0 Å². The lowest BCUT2D eigenvalue weighted by atomic mass is 9.92. The van der Waals surface area contributed by atoms with Crippen molar-refractivity contribution in [3.05, 3.63) is 29.8 Å². The number of nitrogens with zero attached hydrogens (tertiary/aromatic N) is 2. The fourth-order valence-corrected chi connectivity index (χ4v) is 3.52. The van der Waals surface area contributed by atoms with Crippen LogP contribution in [0.5, 0.6) is 0 Å². The number of carbonyl (C=O) groups is 1. The molecule has 2 atom stereocenters. The van der Waals surface area contributed by atoms with Gasteiger partial charge in [0.2, 0.25) is 11.3 Å². The molecule has 1 aliphatic rings. The summed E-state index contributed by atoms with van der Waals surface area (Å²) >= 11 is -2.35. The standard InChI is InChI=1S/C13H19N3O4S/c1-13(2)11(12(17)14-18)16(21(19)20)8-9-6-4-5-7-10(9)15(13)3/h4-7,11,18H,8H2,1-3H3,(H,14,17)(H,19,20). The van der Waals surface area contributed by atoms with E-state index in [9.17, 15) is 13.6 Å². The maximum atomic E-state index is 12.1. The van der Waals surface area contributed by atoms with Gasteiger partial charge in [0, 0.05) is 19.3 Å². The average molecular weight is 313 g/mol. The fraction of sp³-hybridized carbons (Fsp3) is 0.462. The topological polar surface area (TPSA) is 93.1 Å². The van der Waals surface area contributed by atoms with Gasteiger partial charge in [-0.1, -0.05) is 18.2 Å². The molecule has 0 spiro atoms. The number of para-hydroxylation sites is 1. The molecule has 0 bridgehead atoms. The Morgan fingerprint density at radius 2 is 2.05 bits per heavy atom. The number of rotatable bonds is 2. The second kappa shape index (κ2) is 5.72. The molecule has 3 N–H and O–H groups in total. The van der Waals surface area contributed by atoms with Crippen molar-refractivity contribution >= 4 is 22.9 Å². The van der Waals surface area contributed by atoms with Crippen LogP contribution in [-0.2, 0) is 22.6 Å². The van der Waals surface area contributed by atoms with E-state index in [2.05, 4.69) is 0 Å². The molecule has 1 aromatic carbocycles. The molecule has 2 unspecified atom stereocenters. The number of fused-ring (bicyclic) bond motifs is 1. The van der Waals surface area contributed by atoms with Gasteiger partial charge in [0.25, 0.3) is 5.91 Å². The lowest BCUT2D eigenvalue weighted by Gasteiger charge is -2.42. The summed E-state index contributed by atoms with van der Waals surface area (Å²) < 4.78 is 22.4. The van der Waals surface area contributed by atoms with Crippen LogP contribution in [0, 0.1) is 0 Å². The Morgan fingerprint density at radius 3 is 2.62 bits per heavy atom. The first-order chi connectivity index (χ1) is 9.80. The van der Waals surface area contributed by atoms with E-state index in [0.717, 1.165) is 15.6 Å². The zero-order valence-corrected chi connectivity index (χ0v) is 12.9. The third kappa shape index (κ3) is 2.67. The Balaban J connectivity index is 2.62. The molecule has 0 radical (unpaired) electrons. The number of amides is 1. The summed E-state index contributed by atoms with van der Waals surface area (Å²) in [4.78, 5) is 14.0. The first-order valence-corrected chi connectivity index (χ1v) is 7.50. The van der Waals surface area contributed by atoms with E-state index in [1.54, 1.807) is 19.3 Å².